The molecule has 1 N–H and O–H groups in total. The van der Waals surface area contributed by atoms with Crippen LogP contribution in [0.25, 0.3) is 0 Å². The highest BCUT2D eigenvalue weighted by atomic mass is 16.5. The van der Waals surface area contributed by atoms with Gasteiger partial charge in [0.25, 0.3) is 0 Å². The molecule has 0 spiro atoms. The molecule has 0 amide bonds. The first-order valence-electron chi connectivity index (χ1n) is 4.24. The monoisotopic (exact) mass is 177 g/mol. The van der Waals surface area contributed by atoms with Crippen LogP contribution in [0, 0.1) is 0 Å². The molecule has 0 bridgehead atoms. The van der Waals surface area contributed by atoms with Crippen molar-refractivity contribution in [2.75, 3.05) is 19.0 Å². The van der Waals surface area contributed by atoms with Crippen molar-refractivity contribution in [2.45, 2.75) is 6.92 Å². The van der Waals surface area contributed by atoms with E-state index in [9.17, 15) is 0 Å². The van der Waals surface area contributed by atoms with Crippen molar-refractivity contribution in [2.24, 2.45) is 0 Å². The Hall–Kier alpha value is -1.44. The average Bonchev–Trinajstić information content (AvgIpc) is 2.15. The summed E-state index contributed by atoms with van der Waals surface area (Å²) in [6, 6.07) is 7.85. The van der Waals surface area contributed by atoms with E-state index in [1.165, 1.54) is 0 Å². The van der Waals surface area contributed by atoms with E-state index in [1.807, 2.05) is 31.2 Å². The smallest absolute Gasteiger partial charge is 0.120 e. The molecule has 0 atom stereocenters. The van der Waals surface area contributed by atoms with Gasteiger partial charge in [-0.05, 0) is 19.1 Å². The fourth-order valence-electron chi connectivity index (χ4n) is 0.986. The van der Waals surface area contributed by atoms with Crippen LogP contribution >= 0.6 is 0 Å². The van der Waals surface area contributed by atoms with Crippen LogP contribution in [0.15, 0.2) is 36.4 Å². The molecule has 0 radical (unpaired) electrons. The van der Waals surface area contributed by atoms with Gasteiger partial charge in [-0.1, -0.05) is 18.2 Å². The highest BCUT2D eigenvalue weighted by Gasteiger charge is 1.93. The molecular weight excluding hydrogens is 162 g/mol. The van der Waals surface area contributed by atoms with Gasteiger partial charge in [0.15, 0.2) is 0 Å². The van der Waals surface area contributed by atoms with Gasteiger partial charge in [0.2, 0.25) is 0 Å². The van der Waals surface area contributed by atoms with Crippen LogP contribution in [0.1, 0.15) is 6.92 Å². The van der Waals surface area contributed by atoms with E-state index in [4.69, 9.17) is 4.74 Å². The highest BCUT2D eigenvalue weighted by molar-refractivity contribution is 5.48. The Labute approximate surface area is 79.2 Å². The van der Waals surface area contributed by atoms with Gasteiger partial charge in [0.1, 0.15) is 5.75 Å². The van der Waals surface area contributed by atoms with E-state index in [0.29, 0.717) is 0 Å². The number of hydrogen-bond donors (Lipinski definition) is 1. The minimum Gasteiger partial charge on any atom is -0.497 e. The lowest BCUT2D eigenvalue weighted by atomic mass is 10.3. The summed E-state index contributed by atoms with van der Waals surface area (Å²) >= 11 is 0. The maximum absolute atomic E-state index is 5.10. The molecule has 0 aromatic heterocycles. The number of methoxy groups -OCH3 is 1. The van der Waals surface area contributed by atoms with E-state index >= 15 is 0 Å². The van der Waals surface area contributed by atoms with Gasteiger partial charge in [-0.25, -0.2) is 0 Å². The summed E-state index contributed by atoms with van der Waals surface area (Å²) in [5.74, 6) is 0.867. The predicted octanol–water partition coefficient (Wildman–Crippen LogP) is 2.68. The average molecular weight is 177 g/mol. The molecule has 13 heavy (non-hydrogen) atoms. The van der Waals surface area contributed by atoms with Crippen LogP contribution in [-0.2, 0) is 0 Å². The largest absolute Gasteiger partial charge is 0.497 e. The standard InChI is InChI=1S/C11H15NO/c1-9(2)8-12-10-5-4-6-11(7-10)13-3/h4-7,12H,1,8H2,2-3H3. The van der Waals surface area contributed by atoms with Crippen LogP contribution in [0.4, 0.5) is 5.69 Å². The van der Waals surface area contributed by atoms with Gasteiger partial charge in [0, 0.05) is 18.3 Å². The molecule has 0 saturated carbocycles. The summed E-state index contributed by atoms with van der Waals surface area (Å²) in [5, 5.41) is 3.24. The minimum atomic E-state index is 0.799. The SMILES string of the molecule is C=C(C)CNc1cccc(OC)c1. The summed E-state index contributed by atoms with van der Waals surface area (Å²) in [6.07, 6.45) is 0. The van der Waals surface area contributed by atoms with Gasteiger partial charge in [-0.2, -0.15) is 0 Å². The Kier molecular flexibility index (Phi) is 3.38. The second-order valence-electron chi connectivity index (χ2n) is 3.04. The molecule has 2 nitrogen and oxygen atoms in total. The number of ether oxygens (including phenoxy) is 1. The Morgan fingerprint density at radius 3 is 2.92 bits per heavy atom. The Morgan fingerprint density at radius 2 is 2.31 bits per heavy atom. The van der Waals surface area contributed by atoms with Crippen molar-refractivity contribution in [3.8, 4) is 5.75 Å². The van der Waals surface area contributed by atoms with E-state index in [0.717, 1.165) is 23.6 Å². The fourth-order valence-corrected chi connectivity index (χ4v) is 0.986. The zero-order valence-corrected chi connectivity index (χ0v) is 8.13. The van der Waals surface area contributed by atoms with Crippen molar-refractivity contribution >= 4 is 5.69 Å². The van der Waals surface area contributed by atoms with Crippen molar-refractivity contribution in [3.05, 3.63) is 36.4 Å². The maximum Gasteiger partial charge on any atom is 0.120 e. The number of nitrogens with one attached hydrogen (secondary N) is 1. The molecule has 0 saturated heterocycles. The maximum atomic E-state index is 5.10. The Bertz CT molecular complexity index is 294. The van der Waals surface area contributed by atoms with Gasteiger partial charge < -0.3 is 10.1 Å². The first-order valence-corrected chi connectivity index (χ1v) is 4.24. The van der Waals surface area contributed by atoms with Crippen molar-refractivity contribution < 1.29 is 4.74 Å². The van der Waals surface area contributed by atoms with Gasteiger partial charge in [0.05, 0.1) is 7.11 Å². The summed E-state index contributed by atoms with van der Waals surface area (Å²) in [7, 11) is 1.66. The van der Waals surface area contributed by atoms with E-state index < -0.39 is 0 Å². The number of rotatable bonds is 4. The van der Waals surface area contributed by atoms with Crippen LogP contribution < -0.4 is 10.1 Å². The number of hydrogen-bond acceptors (Lipinski definition) is 2. The van der Waals surface area contributed by atoms with Gasteiger partial charge in [-0.3, -0.25) is 0 Å². The zero-order chi connectivity index (χ0) is 9.68. The summed E-state index contributed by atoms with van der Waals surface area (Å²) in [5.41, 5.74) is 2.17. The van der Waals surface area contributed by atoms with Crippen LogP contribution in [0.5, 0.6) is 5.75 Å². The molecule has 0 fully saturated rings. The normalized spacial score (nSPS) is 9.38. The van der Waals surface area contributed by atoms with E-state index in [2.05, 4.69) is 11.9 Å². The van der Waals surface area contributed by atoms with E-state index in [1.54, 1.807) is 7.11 Å². The lowest BCUT2D eigenvalue weighted by molar-refractivity contribution is 0.415. The first-order chi connectivity index (χ1) is 6.22. The van der Waals surface area contributed by atoms with Crippen molar-refractivity contribution in [3.63, 3.8) is 0 Å². The number of anilines is 1. The van der Waals surface area contributed by atoms with Gasteiger partial charge >= 0.3 is 0 Å². The van der Waals surface area contributed by atoms with Crippen molar-refractivity contribution in [1.82, 2.24) is 0 Å². The topological polar surface area (TPSA) is 21.3 Å². The zero-order valence-electron chi connectivity index (χ0n) is 8.13. The second kappa shape index (κ2) is 4.55. The molecule has 1 aromatic rings. The molecule has 2 heteroatoms. The molecule has 0 unspecified atom stereocenters. The molecule has 70 valence electrons. The summed E-state index contributed by atoms with van der Waals surface area (Å²) in [4.78, 5) is 0. The number of benzene rings is 1. The molecule has 0 aliphatic carbocycles. The fraction of sp³-hybridized carbons (Fsp3) is 0.273. The quantitative estimate of drug-likeness (QED) is 0.714. The molecule has 0 aliphatic rings. The van der Waals surface area contributed by atoms with E-state index in [-0.39, 0.29) is 0 Å². The summed E-state index contributed by atoms with van der Waals surface area (Å²) in [6.45, 7) is 6.61. The molecule has 1 aromatic carbocycles. The van der Waals surface area contributed by atoms with Gasteiger partial charge in [-0.15, -0.1) is 0 Å². The Morgan fingerprint density at radius 1 is 1.54 bits per heavy atom. The van der Waals surface area contributed by atoms with Crippen LogP contribution in [0.3, 0.4) is 0 Å². The predicted molar refractivity (Wildman–Crippen MR) is 56.3 cm³/mol. The first kappa shape index (κ1) is 9.65. The third-order valence-corrected chi connectivity index (χ3v) is 1.66. The molecular formula is C11H15NO. The highest BCUT2D eigenvalue weighted by Crippen LogP contribution is 2.16. The lowest BCUT2D eigenvalue weighted by Gasteiger charge is -2.07. The van der Waals surface area contributed by atoms with Crippen LogP contribution in [-0.4, -0.2) is 13.7 Å². The molecule has 1 rings (SSSR count). The second-order valence-corrected chi connectivity index (χ2v) is 3.04. The molecule has 0 aliphatic heterocycles. The summed E-state index contributed by atoms with van der Waals surface area (Å²) < 4.78 is 5.10. The van der Waals surface area contributed by atoms with Crippen molar-refractivity contribution in [1.29, 1.82) is 0 Å². The lowest BCUT2D eigenvalue weighted by Crippen LogP contribution is -2.01. The van der Waals surface area contributed by atoms with Crippen LogP contribution in [0.2, 0.25) is 0 Å². The molecule has 0 heterocycles. The minimum absolute atomic E-state index is 0.799. The third kappa shape index (κ3) is 3.20. The Balaban J connectivity index is 2.61. The third-order valence-electron chi connectivity index (χ3n) is 1.66.